The van der Waals surface area contributed by atoms with Gasteiger partial charge in [0.25, 0.3) is 0 Å². The second kappa shape index (κ2) is 9.27. The lowest BCUT2D eigenvalue weighted by Gasteiger charge is -2.52. The third-order valence-corrected chi connectivity index (χ3v) is 7.94. The van der Waals surface area contributed by atoms with Gasteiger partial charge < -0.3 is 24.8 Å². The Kier molecular flexibility index (Phi) is 6.79. The number of nitrogens with one attached hydrogen (secondary N) is 1. The van der Waals surface area contributed by atoms with E-state index in [0.717, 1.165) is 71.1 Å². The summed E-state index contributed by atoms with van der Waals surface area (Å²) in [5, 5.41) is 2.04. The van der Waals surface area contributed by atoms with Crippen LogP contribution >= 0.6 is 0 Å². The van der Waals surface area contributed by atoms with Crippen LogP contribution in [0.25, 0.3) is 0 Å². The third kappa shape index (κ3) is 5.10. The van der Waals surface area contributed by atoms with Gasteiger partial charge in [0.2, 0.25) is 0 Å². The van der Waals surface area contributed by atoms with Gasteiger partial charge in [-0.2, -0.15) is 13.2 Å². The maximum Gasteiger partial charge on any atom is 0.409 e. The molecule has 3 aliphatic heterocycles. The molecule has 182 valence electrons. The number of halogens is 3. The number of hydrogen-bond acceptors (Lipinski definition) is 4. The molecular formula is C22H35F3N4O3. The van der Waals surface area contributed by atoms with Gasteiger partial charge in [0.05, 0.1) is 6.61 Å². The number of piperidine rings is 1. The molecule has 0 bridgehead atoms. The SMILES string of the molecule is CCOC(=O)N1CCC2(CC(N3CCC([C@@H]4CCCN4C(=O)NCC(F)(F)F)CC3)C2)C1. The molecule has 1 atom stereocenters. The zero-order chi connectivity index (χ0) is 22.9. The van der Waals surface area contributed by atoms with Gasteiger partial charge in [-0.05, 0) is 76.3 Å². The van der Waals surface area contributed by atoms with Crippen molar-refractivity contribution in [2.75, 3.05) is 45.9 Å². The number of ether oxygens (including phenoxy) is 1. The first kappa shape index (κ1) is 23.4. The highest BCUT2D eigenvalue weighted by Crippen LogP contribution is 2.51. The van der Waals surface area contributed by atoms with Crippen LogP contribution in [0, 0.1) is 11.3 Å². The number of carbonyl (C=O) groups is 2. The average Bonchev–Trinajstić information content (AvgIpc) is 3.38. The minimum atomic E-state index is -4.39. The number of amides is 3. The molecule has 3 heterocycles. The lowest BCUT2D eigenvalue weighted by molar-refractivity contribution is -0.123. The van der Waals surface area contributed by atoms with E-state index in [1.54, 1.807) is 4.90 Å². The van der Waals surface area contributed by atoms with Crippen molar-refractivity contribution in [3.8, 4) is 0 Å². The maximum absolute atomic E-state index is 12.5. The smallest absolute Gasteiger partial charge is 0.409 e. The Morgan fingerprint density at radius 2 is 1.81 bits per heavy atom. The van der Waals surface area contributed by atoms with Gasteiger partial charge >= 0.3 is 18.3 Å². The van der Waals surface area contributed by atoms with E-state index in [0.29, 0.717) is 25.1 Å². The van der Waals surface area contributed by atoms with Crippen LogP contribution in [0.1, 0.15) is 51.9 Å². The van der Waals surface area contributed by atoms with Crippen molar-refractivity contribution in [2.45, 2.75) is 70.1 Å². The van der Waals surface area contributed by atoms with Crippen LogP contribution in [-0.4, -0.2) is 91.0 Å². The molecule has 3 saturated heterocycles. The molecule has 7 nitrogen and oxygen atoms in total. The molecule has 1 N–H and O–H groups in total. The zero-order valence-electron chi connectivity index (χ0n) is 18.8. The van der Waals surface area contributed by atoms with Crippen molar-refractivity contribution in [2.24, 2.45) is 11.3 Å². The fraction of sp³-hybridized carbons (Fsp3) is 0.909. The number of carbonyl (C=O) groups excluding carboxylic acids is 2. The topological polar surface area (TPSA) is 65.1 Å². The van der Waals surface area contributed by atoms with Gasteiger partial charge in [0.15, 0.2) is 0 Å². The largest absolute Gasteiger partial charge is 0.450 e. The molecule has 10 heteroatoms. The third-order valence-electron chi connectivity index (χ3n) is 7.94. The monoisotopic (exact) mass is 460 g/mol. The summed E-state index contributed by atoms with van der Waals surface area (Å²) < 4.78 is 42.5. The van der Waals surface area contributed by atoms with E-state index in [9.17, 15) is 22.8 Å². The summed E-state index contributed by atoms with van der Waals surface area (Å²) in [5.74, 6) is 0.352. The lowest BCUT2D eigenvalue weighted by Crippen LogP contribution is -2.55. The van der Waals surface area contributed by atoms with Crippen molar-refractivity contribution in [1.82, 2.24) is 20.0 Å². The van der Waals surface area contributed by atoms with Gasteiger partial charge in [-0.3, -0.25) is 0 Å². The van der Waals surface area contributed by atoms with Gasteiger partial charge in [0, 0.05) is 31.7 Å². The fourth-order valence-corrected chi connectivity index (χ4v) is 6.32. The fourth-order valence-electron chi connectivity index (χ4n) is 6.32. The summed E-state index contributed by atoms with van der Waals surface area (Å²) >= 11 is 0. The van der Waals surface area contributed by atoms with Crippen LogP contribution in [0.15, 0.2) is 0 Å². The summed E-state index contributed by atoms with van der Waals surface area (Å²) in [7, 11) is 0. The van der Waals surface area contributed by atoms with Gasteiger partial charge in [-0.25, -0.2) is 9.59 Å². The Morgan fingerprint density at radius 3 is 2.47 bits per heavy atom. The quantitative estimate of drug-likeness (QED) is 0.698. The lowest BCUT2D eigenvalue weighted by atomic mass is 9.64. The summed E-state index contributed by atoms with van der Waals surface area (Å²) in [6, 6.07) is 0.0134. The van der Waals surface area contributed by atoms with E-state index < -0.39 is 18.8 Å². The molecule has 0 unspecified atom stereocenters. The molecule has 1 saturated carbocycles. The summed E-state index contributed by atoms with van der Waals surface area (Å²) in [5.41, 5.74) is 0.243. The van der Waals surface area contributed by atoms with Crippen LogP contribution in [0.4, 0.5) is 22.8 Å². The Labute approximate surface area is 187 Å². The minimum Gasteiger partial charge on any atom is -0.450 e. The van der Waals surface area contributed by atoms with Crippen molar-refractivity contribution in [3.63, 3.8) is 0 Å². The zero-order valence-corrected chi connectivity index (χ0v) is 18.8. The number of rotatable bonds is 4. The Bertz CT molecular complexity index is 690. The van der Waals surface area contributed by atoms with Crippen LogP contribution in [0.2, 0.25) is 0 Å². The maximum atomic E-state index is 12.5. The first-order chi connectivity index (χ1) is 15.2. The second-order valence-corrected chi connectivity index (χ2v) is 9.98. The van der Waals surface area contributed by atoms with Crippen molar-refractivity contribution >= 4 is 12.1 Å². The molecule has 4 fully saturated rings. The first-order valence-electron chi connectivity index (χ1n) is 12.0. The second-order valence-electron chi connectivity index (χ2n) is 9.98. The normalized spacial score (nSPS) is 31.8. The van der Waals surface area contributed by atoms with Crippen molar-refractivity contribution in [3.05, 3.63) is 0 Å². The summed E-state index contributed by atoms with van der Waals surface area (Å²) in [6.07, 6.45) is 2.37. The van der Waals surface area contributed by atoms with Crippen LogP contribution in [-0.2, 0) is 4.74 Å². The number of nitrogens with zero attached hydrogens (tertiary/aromatic N) is 3. The number of alkyl halides is 3. The molecule has 0 aromatic carbocycles. The van der Waals surface area contributed by atoms with Gasteiger partial charge in [-0.1, -0.05) is 0 Å². The van der Waals surface area contributed by atoms with Crippen LogP contribution in [0.3, 0.4) is 0 Å². The van der Waals surface area contributed by atoms with Gasteiger partial charge in [0.1, 0.15) is 6.54 Å². The van der Waals surface area contributed by atoms with Crippen LogP contribution < -0.4 is 5.32 Å². The van der Waals surface area contributed by atoms with E-state index in [2.05, 4.69) is 4.90 Å². The molecule has 4 rings (SSSR count). The van der Waals surface area contributed by atoms with E-state index in [1.165, 1.54) is 0 Å². The Morgan fingerprint density at radius 1 is 1.09 bits per heavy atom. The molecular weight excluding hydrogens is 425 g/mol. The minimum absolute atomic E-state index is 0.0473. The number of urea groups is 1. The molecule has 3 amide bonds. The molecule has 32 heavy (non-hydrogen) atoms. The van der Waals surface area contributed by atoms with Crippen molar-refractivity contribution in [1.29, 1.82) is 0 Å². The molecule has 0 radical (unpaired) electrons. The molecule has 0 aromatic rings. The first-order valence-corrected chi connectivity index (χ1v) is 12.0. The molecule has 1 spiro atoms. The summed E-state index contributed by atoms with van der Waals surface area (Å²) in [4.78, 5) is 30.3. The summed E-state index contributed by atoms with van der Waals surface area (Å²) in [6.45, 7) is 5.02. The Hall–Kier alpha value is -1.71. The molecule has 1 aliphatic carbocycles. The van der Waals surface area contributed by atoms with E-state index in [1.807, 2.05) is 17.1 Å². The van der Waals surface area contributed by atoms with E-state index in [-0.39, 0.29) is 17.6 Å². The van der Waals surface area contributed by atoms with Crippen molar-refractivity contribution < 1.29 is 27.5 Å². The highest BCUT2D eigenvalue weighted by Gasteiger charge is 2.51. The Balaban J connectivity index is 1.21. The highest BCUT2D eigenvalue weighted by molar-refractivity contribution is 5.75. The van der Waals surface area contributed by atoms with E-state index >= 15 is 0 Å². The number of hydrogen-bond donors (Lipinski definition) is 1. The predicted octanol–water partition coefficient (Wildman–Crippen LogP) is 3.45. The predicted molar refractivity (Wildman–Crippen MR) is 112 cm³/mol. The number of likely N-dealkylation sites (tertiary alicyclic amines) is 3. The standard InChI is InChI=1S/C22H35F3N4O3/c1-2-32-20(31)28-11-7-21(15-28)12-17(13-21)27-9-5-16(6-10-27)18-4-3-8-29(18)19(30)26-14-22(23,24)25/h16-18H,2-15H2,1H3,(H,26,30)/t17?,18-,21?/m0/s1. The van der Waals surface area contributed by atoms with E-state index in [4.69, 9.17) is 4.74 Å². The highest BCUT2D eigenvalue weighted by atomic mass is 19.4. The average molecular weight is 461 g/mol. The van der Waals surface area contributed by atoms with Crippen LogP contribution in [0.5, 0.6) is 0 Å². The van der Waals surface area contributed by atoms with Gasteiger partial charge in [-0.15, -0.1) is 0 Å². The molecule has 4 aliphatic rings. The molecule has 0 aromatic heterocycles.